The van der Waals surface area contributed by atoms with Gasteiger partial charge in [0.15, 0.2) is 8.32 Å². The summed E-state index contributed by atoms with van der Waals surface area (Å²) in [5, 5.41) is 0. The summed E-state index contributed by atoms with van der Waals surface area (Å²) >= 11 is 0. The van der Waals surface area contributed by atoms with E-state index in [0.717, 1.165) is 0 Å². The fraction of sp³-hybridized carbons (Fsp3) is 1.00. The van der Waals surface area contributed by atoms with Gasteiger partial charge in [-0.3, -0.25) is 0 Å². The highest BCUT2D eigenvalue weighted by Gasteiger charge is 2.24. The number of hydrogen-bond donors (Lipinski definition) is 1. The first-order valence-electron chi connectivity index (χ1n) is 5.20. The SMILES string of the molecule is CCCC[Si](C)(C)OCC(C)(C)N. The maximum atomic E-state index is 5.91. The minimum atomic E-state index is -1.41. The Morgan fingerprint density at radius 1 is 1.31 bits per heavy atom. The lowest BCUT2D eigenvalue weighted by molar-refractivity contribution is 0.233. The summed E-state index contributed by atoms with van der Waals surface area (Å²) in [5.41, 5.74) is 5.68. The molecule has 0 aliphatic rings. The Morgan fingerprint density at radius 3 is 2.23 bits per heavy atom. The molecule has 0 heterocycles. The first kappa shape index (κ1) is 13.1. The van der Waals surface area contributed by atoms with Gasteiger partial charge in [-0.2, -0.15) is 0 Å². The first-order chi connectivity index (χ1) is 5.77. The van der Waals surface area contributed by atoms with Crippen molar-refractivity contribution in [3.8, 4) is 0 Å². The molecule has 2 N–H and O–H groups in total. The molecule has 0 fully saturated rings. The number of unbranched alkanes of at least 4 members (excludes halogenated alkanes) is 1. The predicted octanol–water partition coefficient (Wildman–Crippen LogP) is 2.75. The largest absolute Gasteiger partial charge is 0.416 e. The van der Waals surface area contributed by atoms with Crippen LogP contribution in [0.2, 0.25) is 19.1 Å². The summed E-state index contributed by atoms with van der Waals surface area (Å²) < 4.78 is 5.91. The third-order valence-electron chi connectivity index (χ3n) is 1.97. The van der Waals surface area contributed by atoms with Crippen LogP contribution in [-0.4, -0.2) is 20.5 Å². The molecule has 13 heavy (non-hydrogen) atoms. The summed E-state index contributed by atoms with van der Waals surface area (Å²) in [7, 11) is -1.41. The van der Waals surface area contributed by atoms with Crippen molar-refractivity contribution in [2.45, 2.75) is 58.3 Å². The van der Waals surface area contributed by atoms with Gasteiger partial charge in [0.2, 0.25) is 0 Å². The van der Waals surface area contributed by atoms with Gasteiger partial charge >= 0.3 is 0 Å². The molecule has 0 amide bonds. The van der Waals surface area contributed by atoms with Gasteiger partial charge in [-0.1, -0.05) is 19.8 Å². The Labute approximate surface area is 84.0 Å². The minimum Gasteiger partial charge on any atom is -0.416 e. The zero-order chi connectivity index (χ0) is 10.5. The fourth-order valence-corrected chi connectivity index (χ4v) is 3.17. The summed E-state index contributed by atoms with van der Waals surface area (Å²) in [5.74, 6) is 0. The molecule has 0 aromatic rings. The summed E-state index contributed by atoms with van der Waals surface area (Å²) in [6, 6.07) is 1.25. The van der Waals surface area contributed by atoms with Gasteiger partial charge in [0.05, 0.1) is 6.61 Å². The topological polar surface area (TPSA) is 35.2 Å². The van der Waals surface area contributed by atoms with Crippen LogP contribution < -0.4 is 5.73 Å². The zero-order valence-electron chi connectivity index (χ0n) is 9.81. The standard InChI is InChI=1S/C10H25NOSi/c1-6-7-8-13(4,5)12-9-10(2,3)11/h6-9,11H2,1-5H3. The van der Waals surface area contributed by atoms with E-state index in [4.69, 9.17) is 10.2 Å². The van der Waals surface area contributed by atoms with Gasteiger partial charge in [0.1, 0.15) is 0 Å². The smallest absolute Gasteiger partial charge is 0.186 e. The third-order valence-corrected chi connectivity index (χ3v) is 4.45. The van der Waals surface area contributed by atoms with Crippen molar-refractivity contribution in [3.63, 3.8) is 0 Å². The van der Waals surface area contributed by atoms with Crippen LogP contribution in [0.25, 0.3) is 0 Å². The Kier molecular flexibility index (Phi) is 5.18. The lowest BCUT2D eigenvalue weighted by Crippen LogP contribution is -2.43. The van der Waals surface area contributed by atoms with E-state index in [2.05, 4.69) is 20.0 Å². The van der Waals surface area contributed by atoms with Crippen molar-refractivity contribution in [2.24, 2.45) is 5.73 Å². The highest BCUT2D eigenvalue weighted by atomic mass is 28.4. The van der Waals surface area contributed by atoms with E-state index in [-0.39, 0.29) is 5.54 Å². The van der Waals surface area contributed by atoms with E-state index < -0.39 is 8.32 Å². The molecule has 0 unspecified atom stereocenters. The number of hydrogen-bond acceptors (Lipinski definition) is 2. The molecule has 2 nitrogen and oxygen atoms in total. The number of rotatable bonds is 6. The molecule has 0 aromatic heterocycles. The van der Waals surface area contributed by atoms with Crippen LogP contribution in [0.15, 0.2) is 0 Å². The Balaban J connectivity index is 3.75. The van der Waals surface area contributed by atoms with Crippen molar-refractivity contribution in [3.05, 3.63) is 0 Å². The molecule has 0 rings (SSSR count). The summed E-state index contributed by atoms with van der Waals surface area (Å²) in [6.07, 6.45) is 2.54. The Hall–Kier alpha value is 0.137. The molecular weight excluding hydrogens is 178 g/mol. The van der Waals surface area contributed by atoms with Crippen LogP contribution in [0.3, 0.4) is 0 Å². The van der Waals surface area contributed by atoms with E-state index >= 15 is 0 Å². The molecule has 0 bridgehead atoms. The molecule has 0 aliphatic carbocycles. The summed E-state index contributed by atoms with van der Waals surface area (Å²) in [6.45, 7) is 11.5. The van der Waals surface area contributed by atoms with Gasteiger partial charge in [-0.25, -0.2) is 0 Å². The highest BCUT2D eigenvalue weighted by molar-refractivity contribution is 6.71. The van der Waals surface area contributed by atoms with Gasteiger partial charge in [0, 0.05) is 5.54 Å². The van der Waals surface area contributed by atoms with Crippen LogP contribution in [0, 0.1) is 0 Å². The normalized spacial score (nSPS) is 13.4. The lowest BCUT2D eigenvalue weighted by atomic mass is 10.1. The molecule has 0 spiro atoms. The first-order valence-corrected chi connectivity index (χ1v) is 8.31. The van der Waals surface area contributed by atoms with Crippen LogP contribution >= 0.6 is 0 Å². The molecule has 3 heteroatoms. The summed E-state index contributed by atoms with van der Waals surface area (Å²) in [4.78, 5) is 0. The Bertz CT molecular complexity index is 140. The monoisotopic (exact) mass is 203 g/mol. The average Bonchev–Trinajstić information content (AvgIpc) is 1.97. The third kappa shape index (κ3) is 8.47. The fourth-order valence-electron chi connectivity index (χ4n) is 1.06. The van der Waals surface area contributed by atoms with Crippen molar-refractivity contribution >= 4 is 8.32 Å². The molecule has 80 valence electrons. The van der Waals surface area contributed by atoms with E-state index in [1.54, 1.807) is 0 Å². The molecular formula is C10H25NOSi. The molecule has 0 saturated carbocycles. The maximum Gasteiger partial charge on any atom is 0.186 e. The van der Waals surface area contributed by atoms with E-state index in [1.165, 1.54) is 18.9 Å². The second-order valence-electron chi connectivity index (χ2n) is 5.14. The van der Waals surface area contributed by atoms with Crippen molar-refractivity contribution in [1.82, 2.24) is 0 Å². The van der Waals surface area contributed by atoms with E-state index in [9.17, 15) is 0 Å². The minimum absolute atomic E-state index is 0.184. The molecule has 0 saturated heterocycles. The van der Waals surface area contributed by atoms with Crippen molar-refractivity contribution in [2.75, 3.05) is 6.61 Å². The van der Waals surface area contributed by atoms with Gasteiger partial charge < -0.3 is 10.2 Å². The van der Waals surface area contributed by atoms with Gasteiger partial charge in [0.25, 0.3) is 0 Å². The predicted molar refractivity (Wildman–Crippen MR) is 61.4 cm³/mol. The van der Waals surface area contributed by atoms with E-state index in [1.807, 2.05) is 13.8 Å². The quantitative estimate of drug-likeness (QED) is 0.674. The maximum absolute atomic E-state index is 5.91. The molecule has 0 aliphatic heterocycles. The second-order valence-corrected chi connectivity index (χ2v) is 9.45. The average molecular weight is 203 g/mol. The van der Waals surface area contributed by atoms with Crippen LogP contribution in [0.4, 0.5) is 0 Å². The van der Waals surface area contributed by atoms with Crippen LogP contribution in [0.5, 0.6) is 0 Å². The van der Waals surface area contributed by atoms with Crippen LogP contribution in [0.1, 0.15) is 33.6 Å². The Morgan fingerprint density at radius 2 is 1.85 bits per heavy atom. The molecule has 0 aromatic carbocycles. The van der Waals surface area contributed by atoms with Crippen LogP contribution in [-0.2, 0) is 4.43 Å². The number of nitrogens with two attached hydrogens (primary N) is 1. The van der Waals surface area contributed by atoms with Crippen molar-refractivity contribution < 1.29 is 4.43 Å². The van der Waals surface area contributed by atoms with Crippen molar-refractivity contribution in [1.29, 1.82) is 0 Å². The molecule has 0 atom stereocenters. The van der Waals surface area contributed by atoms with Gasteiger partial charge in [-0.05, 0) is 33.0 Å². The highest BCUT2D eigenvalue weighted by Crippen LogP contribution is 2.16. The zero-order valence-corrected chi connectivity index (χ0v) is 10.8. The van der Waals surface area contributed by atoms with E-state index in [0.29, 0.717) is 6.61 Å². The van der Waals surface area contributed by atoms with Gasteiger partial charge in [-0.15, -0.1) is 0 Å². The lowest BCUT2D eigenvalue weighted by Gasteiger charge is -2.28. The second kappa shape index (κ2) is 5.13. The molecule has 0 radical (unpaired) electrons.